The van der Waals surface area contributed by atoms with Gasteiger partial charge in [0.05, 0.1) is 24.5 Å². The molecule has 1 unspecified atom stereocenters. The van der Waals surface area contributed by atoms with E-state index in [4.69, 9.17) is 0 Å². The van der Waals surface area contributed by atoms with Crippen molar-refractivity contribution in [3.05, 3.63) is 52.8 Å². The van der Waals surface area contributed by atoms with E-state index >= 15 is 0 Å². The van der Waals surface area contributed by atoms with E-state index in [1.165, 1.54) is 10.6 Å². The van der Waals surface area contributed by atoms with Gasteiger partial charge in [-0.2, -0.15) is 0 Å². The fourth-order valence-electron chi connectivity index (χ4n) is 3.52. The van der Waals surface area contributed by atoms with Crippen molar-refractivity contribution in [1.82, 2.24) is 9.88 Å². The molecule has 2 aromatic rings. The summed E-state index contributed by atoms with van der Waals surface area (Å²) in [4.78, 5) is 25.6. The van der Waals surface area contributed by atoms with E-state index in [-0.39, 0.29) is 18.4 Å². The van der Waals surface area contributed by atoms with E-state index in [2.05, 4.69) is 37.2 Å². The van der Waals surface area contributed by atoms with Gasteiger partial charge in [-0.25, -0.2) is 0 Å². The van der Waals surface area contributed by atoms with Gasteiger partial charge in [0.25, 0.3) is 5.91 Å². The number of anilines is 1. The number of carbonyl (C=O) groups is 2. The number of benzene rings is 1. The van der Waals surface area contributed by atoms with Gasteiger partial charge in [-0.05, 0) is 40.2 Å². The molecule has 6 nitrogen and oxygen atoms in total. The minimum Gasteiger partial charge on any atom is -0.350 e. The molecule has 1 aliphatic rings. The Kier molecular flexibility index (Phi) is 6.11. The van der Waals surface area contributed by atoms with Gasteiger partial charge in [0, 0.05) is 30.6 Å². The van der Waals surface area contributed by atoms with E-state index in [1.807, 2.05) is 43.6 Å². The van der Waals surface area contributed by atoms with Crippen molar-refractivity contribution in [1.29, 1.82) is 0 Å². The van der Waals surface area contributed by atoms with Gasteiger partial charge in [0.2, 0.25) is 5.91 Å². The zero-order valence-electron chi connectivity index (χ0n) is 14.8. The highest BCUT2D eigenvalue weighted by molar-refractivity contribution is 9.10. The summed E-state index contributed by atoms with van der Waals surface area (Å²) in [5.41, 5.74) is 1.96. The second-order valence-electron chi connectivity index (χ2n) is 6.63. The largest absolute Gasteiger partial charge is 0.350 e. The van der Waals surface area contributed by atoms with Crippen molar-refractivity contribution >= 4 is 33.4 Å². The minimum atomic E-state index is -0.236. The zero-order chi connectivity index (χ0) is 18.5. The Bertz CT molecular complexity index is 789. The first-order valence-electron chi connectivity index (χ1n) is 8.81. The van der Waals surface area contributed by atoms with Crippen LogP contribution in [0.15, 0.2) is 47.1 Å². The Balaban J connectivity index is 1.49. The quantitative estimate of drug-likeness (QED) is 0.659. The maximum atomic E-state index is 12.3. The van der Waals surface area contributed by atoms with Crippen LogP contribution in [0.3, 0.4) is 0 Å². The minimum absolute atomic E-state index is 0.0255. The van der Waals surface area contributed by atoms with Crippen molar-refractivity contribution in [3.8, 4) is 0 Å². The first-order valence-corrected chi connectivity index (χ1v) is 9.61. The third-order valence-corrected chi connectivity index (χ3v) is 5.50. The molecule has 0 bridgehead atoms. The summed E-state index contributed by atoms with van der Waals surface area (Å²) < 4.78 is 2.94. The third kappa shape index (κ3) is 4.53. The Hall–Kier alpha value is -2.12. The molecule has 0 radical (unpaired) electrons. The van der Waals surface area contributed by atoms with Gasteiger partial charge in [-0.1, -0.05) is 12.1 Å². The highest BCUT2D eigenvalue weighted by Gasteiger charge is 2.32. The molecule has 2 amide bonds. The van der Waals surface area contributed by atoms with Gasteiger partial charge < -0.3 is 20.1 Å². The van der Waals surface area contributed by atoms with Crippen molar-refractivity contribution in [3.63, 3.8) is 0 Å². The number of quaternary nitrogens is 1. The molecule has 0 spiro atoms. The summed E-state index contributed by atoms with van der Waals surface area (Å²) in [5, 5.41) is 5.52. The molecule has 1 fully saturated rings. The van der Waals surface area contributed by atoms with E-state index < -0.39 is 0 Å². The maximum Gasteiger partial charge on any atom is 0.275 e. The fraction of sp³-hybridized carbons (Fsp3) is 0.368. The molecule has 2 heterocycles. The van der Waals surface area contributed by atoms with Crippen LogP contribution in [-0.4, -0.2) is 36.0 Å². The van der Waals surface area contributed by atoms with E-state index in [9.17, 15) is 9.59 Å². The molecule has 1 aromatic heterocycles. The van der Waals surface area contributed by atoms with E-state index in [1.54, 1.807) is 0 Å². The van der Waals surface area contributed by atoms with Crippen molar-refractivity contribution in [2.45, 2.75) is 18.9 Å². The summed E-state index contributed by atoms with van der Waals surface area (Å²) in [7, 11) is 2.04. The number of rotatable bonds is 6. The molecule has 0 saturated carbocycles. The second-order valence-corrected chi connectivity index (χ2v) is 7.48. The number of aromatic nitrogens is 1. The van der Waals surface area contributed by atoms with E-state index in [0.717, 1.165) is 23.9 Å². The van der Waals surface area contributed by atoms with E-state index in [0.29, 0.717) is 18.3 Å². The Morgan fingerprint density at radius 1 is 1.23 bits per heavy atom. The van der Waals surface area contributed by atoms with Gasteiger partial charge >= 0.3 is 0 Å². The number of hydrogen-bond donors (Lipinski definition) is 3. The average molecular weight is 420 g/mol. The molecule has 26 heavy (non-hydrogen) atoms. The number of aryl methyl sites for hydroxylation is 1. The summed E-state index contributed by atoms with van der Waals surface area (Å²) in [6.07, 6.45) is 4.24. The van der Waals surface area contributed by atoms with Crippen LogP contribution in [0.4, 0.5) is 5.69 Å². The molecule has 2 atom stereocenters. The van der Waals surface area contributed by atoms with Crippen LogP contribution in [-0.2, 0) is 16.6 Å². The van der Waals surface area contributed by atoms with Crippen LogP contribution in [0.25, 0.3) is 0 Å². The number of para-hydroxylation sites is 1. The monoisotopic (exact) mass is 419 g/mol. The first-order chi connectivity index (χ1) is 12.5. The third-order valence-electron chi connectivity index (χ3n) is 4.81. The smallest absolute Gasteiger partial charge is 0.275 e. The van der Waals surface area contributed by atoms with Crippen LogP contribution in [0.2, 0.25) is 0 Å². The lowest BCUT2D eigenvalue weighted by molar-refractivity contribution is -0.911. The number of halogens is 1. The topological polar surface area (TPSA) is 67.6 Å². The number of nitrogens with one attached hydrogen (secondary N) is 3. The van der Waals surface area contributed by atoms with Crippen molar-refractivity contribution < 1.29 is 14.5 Å². The molecule has 0 aliphatic carbocycles. The first kappa shape index (κ1) is 18.7. The molecule has 3 rings (SSSR count). The molecular formula is C19H24BrN4O2+. The number of carbonyl (C=O) groups excluding carboxylic acids is 2. The highest BCUT2D eigenvalue weighted by Crippen LogP contribution is 2.21. The zero-order valence-corrected chi connectivity index (χ0v) is 16.4. The number of nitrogens with zero attached hydrogens (tertiary/aromatic N) is 1. The van der Waals surface area contributed by atoms with Gasteiger partial charge in [-0.15, -0.1) is 0 Å². The fourth-order valence-corrected chi connectivity index (χ4v) is 3.91. The van der Waals surface area contributed by atoms with Crippen LogP contribution in [0.5, 0.6) is 0 Å². The predicted octanol–water partition coefficient (Wildman–Crippen LogP) is 1.26. The van der Waals surface area contributed by atoms with Crippen LogP contribution >= 0.6 is 15.9 Å². The lowest BCUT2D eigenvalue weighted by Crippen LogP contribution is -3.11. The molecule has 3 N–H and O–H groups in total. The number of hydrogen-bond acceptors (Lipinski definition) is 2. The van der Waals surface area contributed by atoms with Crippen molar-refractivity contribution in [2.75, 3.05) is 25.0 Å². The predicted molar refractivity (Wildman–Crippen MR) is 104 cm³/mol. The van der Waals surface area contributed by atoms with Crippen LogP contribution in [0, 0.1) is 0 Å². The molecule has 1 saturated heterocycles. The summed E-state index contributed by atoms with van der Waals surface area (Å²) in [6.45, 7) is 1.34. The van der Waals surface area contributed by atoms with Crippen LogP contribution in [0.1, 0.15) is 24.6 Å². The van der Waals surface area contributed by atoms with Crippen molar-refractivity contribution in [2.24, 2.45) is 7.05 Å². The van der Waals surface area contributed by atoms with Gasteiger partial charge in [0.1, 0.15) is 6.04 Å². The summed E-state index contributed by atoms with van der Waals surface area (Å²) in [5.74, 6) is -0.330. The molecule has 138 valence electrons. The standard InChI is InChI=1S/C19H23BrN4O2/c1-23-10-4-8-16(23)17-9-5-11-24(17)13-19(26)21-12-18(25)22-15-7-3-2-6-14(15)20/h2-4,6-8,10,17H,5,9,11-13H2,1H3,(H,21,26)(H,22,25)/p+1/t17-/m1/s1. The molecular weight excluding hydrogens is 396 g/mol. The van der Waals surface area contributed by atoms with Crippen LogP contribution < -0.4 is 15.5 Å². The number of amides is 2. The Morgan fingerprint density at radius 3 is 2.77 bits per heavy atom. The van der Waals surface area contributed by atoms with Gasteiger partial charge in [-0.3, -0.25) is 9.59 Å². The summed E-state index contributed by atoms with van der Waals surface area (Å²) in [6, 6.07) is 11.9. The molecule has 7 heteroatoms. The molecule has 1 aromatic carbocycles. The lowest BCUT2D eigenvalue weighted by Gasteiger charge is -2.21. The van der Waals surface area contributed by atoms with Gasteiger partial charge in [0.15, 0.2) is 6.54 Å². The SMILES string of the molecule is Cn1cccc1[C@H]1CCC[NH+]1CC(=O)NCC(=O)Nc1ccccc1Br. The second kappa shape index (κ2) is 8.51. The summed E-state index contributed by atoms with van der Waals surface area (Å²) >= 11 is 3.39. The Labute approximate surface area is 161 Å². The normalized spacial score (nSPS) is 19.3. The average Bonchev–Trinajstić information content (AvgIpc) is 3.23. The highest BCUT2D eigenvalue weighted by atomic mass is 79.9. The maximum absolute atomic E-state index is 12.3. The number of likely N-dealkylation sites (tertiary alicyclic amines) is 1. The molecule has 1 aliphatic heterocycles. The lowest BCUT2D eigenvalue weighted by atomic mass is 10.1. The Morgan fingerprint density at radius 2 is 2.04 bits per heavy atom.